The maximum atomic E-state index is 12.7. The van der Waals surface area contributed by atoms with Crippen molar-refractivity contribution in [2.24, 2.45) is 0 Å². The molecule has 2 rings (SSSR count). The Morgan fingerprint density at radius 2 is 2.00 bits per heavy atom. The van der Waals surface area contributed by atoms with Crippen molar-refractivity contribution in [2.45, 2.75) is 37.2 Å². The number of hydrogen-bond donors (Lipinski definition) is 1. The molecule has 136 valence electrons. The largest absolute Gasteiger partial charge is 0.416 e. The first-order valence-corrected chi connectivity index (χ1v) is 8.40. The molecule has 0 aliphatic carbocycles. The van der Waals surface area contributed by atoms with E-state index in [9.17, 15) is 23.2 Å². The first-order chi connectivity index (χ1) is 12.1. The number of alkyl halides is 3. The maximum absolute atomic E-state index is 12.7. The minimum atomic E-state index is -4.49. The summed E-state index contributed by atoms with van der Waals surface area (Å²) in [6, 6.07) is 6.41. The molecule has 0 bridgehead atoms. The fourth-order valence-electron chi connectivity index (χ4n) is 2.13. The topological polar surface area (TPSA) is 78.7 Å². The molecule has 1 heterocycles. The van der Waals surface area contributed by atoms with E-state index >= 15 is 0 Å². The van der Waals surface area contributed by atoms with Gasteiger partial charge in [0.1, 0.15) is 22.5 Å². The minimum Gasteiger partial charge on any atom is -0.325 e. The normalized spacial score (nSPS) is 12.3. The number of anilines is 1. The summed E-state index contributed by atoms with van der Waals surface area (Å²) < 4.78 is 38.2. The van der Waals surface area contributed by atoms with E-state index in [0.29, 0.717) is 16.5 Å². The van der Waals surface area contributed by atoms with E-state index in [1.54, 1.807) is 20.8 Å². The number of halogens is 3. The predicted octanol–water partition coefficient (Wildman–Crippen LogP) is 4.10. The second kappa shape index (κ2) is 7.74. The number of thioether (sulfide) groups is 1. The number of carbonyl (C=O) groups is 1. The van der Waals surface area contributed by atoms with Gasteiger partial charge in [0.2, 0.25) is 5.91 Å². The molecule has 0 fully saturated rings. The van der Waals surface area contributed by atoms with Crippen molar-refractivity contribution in [3.63, 3.8) is 0 Å². The lowest BCUT2D eigenvalue weighted by molar-refractivity contribution is -0.137. The molecule has 26 heavy (non-hydrogen) atoms. The predicted molar refractivity (Wildman–Crippen MR) is 91.6 cm³/mol. The number of hydrogen-bond acceptors (Lipinski definition) is 5. The lowest BCUT2D eigenvalue weighted by Gasteiger charge is -2.14. The highest BCUT2D eigenvalue weighted by Crippen LogP contribution is 2.31. The van der Waals surface area contributed by atoms with Gasteiger partial charge in [-0.3, -0.25) is 4.79 Å². The number of nitrogens with zero attached hydrogens (tertiary/aromatic N) is 3. The van der Waals surface area contributed by atoms with Gasteiger partial charge in [-0.15, -0.1) is 0 Å². The molecular formula is C17H15F3N4OS. The van der Waals surface area contributed by atoms with E-state index in [4.69, 9.17) is 0 Å². The zero-order valence-electron chi connectivity index (χ0n) is 14.2. The van der Waals surface area contributed by atoms with Crippen LogP contribution in [0.3, 0.4) is 0 Å². The Kier molecular flexibility index (Phi) is 5.87. The second-order valence-corrected chi connectivity index (χ2v) is 6.81. The van der Waals surface area contributed by atoms with Crippen molar-refractivity contribution < 1.29 is 18.0 Å². The number of rotatable bonds is 4. The van der Waals surface area contributed by atoms with Crippen molar-refractivity contribution >= 4 is 23.4 Å². The molecule has 1 aromatic carbocycles. The monoisotopic (exact) mass is 380 g/mol. The molecular weight excluding hydrogens is 365 g/mol. The Balaban J connectivity index is 2.16. The lowest BCUT2D eigenvalue weighted by Crippen LogP contribution is -2.23. The highest BCUT2D eigenvalue weighted by Gasteiger charge is 2.30. The Labute approximate surface area is 152 Å². The third-order valence-electron chi connectivity index (χ3n) is 3.40. The van der Waals surface area contributed by atoms with Gasteiger partial charge in [-0.25, -0.2) is 9.97 Å². The number of nitrogens with one attached hydrogen (secondary N) is 1. The van der Waals surface area contributed by atoms with Crippen LogP contribution in [0.1, 0.15) is 29.6 Å². The molecule has 0 aliphatic heterocycles. The molecule has 0 spiro atoms. The van der Waals surface area contributed by atoms with Crippen molar-refractivity contribution in [1.82, 2.24) is 9.97 Å². The van der Waals surface area contributed by atoms with Gasteiger partial charge in [0, 0.05) is 5.69 Å². The van der Waals surface area contributed by atoms with Crippen molar-refractivity contribution in [2.75, 3.05) is 5.32 Å². The third kappa shape index (κ3) is 4.73. The van der Waals surface area contributed by atoms with Gasteiger partial charge >= 0.3 is 6.18 Å². The molecule has 2 aromatic rings. The molecule has 0 aliphatic rings. The second-order valence-electron chi connectivity index (χ2n) is 5.48. The average molecular weight is 380 g/mol. The Morgan fingerprint density at radius 3 is 2.62 bits per heavy atom. The molecule has 0 saturated carbocycles. The summed E-state index contributed by atoms with van der Waals surface area (Å²) in [4.78, 5) is 20.6. The van der Waals surface area contributed by atoms with E-state index in [1.807, 2.05) is 6.07 Å². The van der Waals surface area contributed by atoms with Crippen LogP contribution < -0.4 is 5.32 Å². The van der Waals surface area contributed by atoms with Crippen LogP contribution in [0, 0.1) is 25.2 Å². The molecule has 5 nitrogen and oxygen atoms in total. The van der Waals surface area contributed by atoms with E-state index in [2.05, 4.69) is 15.3 Å². The smallest absolute Gasteiger partial charge is 0.325 e. The number of aromatic nitrogens is 2. The molecule has 1 amide bonds. The first kappa shape index (κ1) is 19.7. The zero-order chi connectivity index (χ0) is 19.5. The SMILES string of the molecule is Cc1nc(C)c(C#N)c(SC(C)C(=O)Nc2cccc(C(F)(F)F)c2)n1. The van der Waals surface area contributed by atoms with Crippen LogP contribution in [0.5, 0.6) is 0 Å². The minimum absolute atomic E-state index is 0.0489. The quantitative estimate of drug-likeness (QED) is 0.638. The summed E-state index contributed by atoms with van der Waals surface area (Å²) in [5, 5.41) is 11.4. The van der Waals surface area contributed by atoms with Crippen molar-refractivity contribution in [1.29, 1.82) is 5.26 Å². The number of aryl methyl sites for hydroxylation is 2. The molecule has 1 atom stereocenters. The average Bonchev–Trinajstić information content (AvgIpc) is 2.54. The maximum Gasteiger partial charge on any atom is 0.416 e. The van der Waals surface area contributed by atoms with Gasteiger partial charge in [0.15, 0.2) is 0 Å². The summed E-state index contributed by atoms with van der Waals surface area (Å²) in [7, 11) is 0. The summed E-state index contributed by atoms with van der Waals surface area (Å²) in [6.45, 7) is 4.93. The molecule has 1 aromatic heterocycles. The number of nitriles is 1. The van der Waals surface area contributed by atoms with Crippen molar-refractivity contribution in [3.8, 4) is 6.07 Å². The summed E-state index contributed by atoms with van der Waals surface area (Å²) in [5.41, 5.74) is -0.00967. The molecule has 1 N–H and O–H groups in total. The van der Waals surface area contributed by atoms with E-state index in [-0.39, 0.29) is 11.3 Å². The summed E-state index contributed by atoms with van der Waals surface area (Å²) in [6.07, 6.45) is -4.49. The van der Waals surface area contributed by atoms with Crippen LogP contribution in [-0.4, -0.2) is 21.1 Å². The van der Waals surface area contributed by atoms with Crippen LogP contribution in [0.15, 0.2) is 29.3 Å². The van der Waals surface area contributed by atoms with Gasteiger partial charge in [0.25, 0.3) is 0 Å². The zero-order valence-corrected chi connectivity index (χ0v) is 15.0. The highest BCUT2D eigenvalue weighted by molar-refractivity contribution is 8.00. The molecule has 9 heteroatoms. The van der Waals surface area contributed by atoms with Crippen LogP contribution in [0.2, 0.25) is 0 Å². The van der Waals surface area contributed by atoms with Crippen LogP contribution in [0.25, 0.3) is 0 Å². The number of carbonyl (C=O) groups excluding carboxylic acids is 1. The third-order valence-corrected chi connectivity index (χ3v) is 4.48. The summed E-state index contributed by atoms with van der Waals surface area (Å²) in [5.74, 6) is -0.0263. The first-order valence-electron chi connectivity index (χ1n) is 7.52. The van der Waals surface area contributed by atoms with Gasteiger partial charge in [0.05, 0.1) is 16.5 Å². The molecule has 1 unspecified atom stereocenters. The molecule has 0 radical (unpaired) electrons. The van der Waals surface area contributed by atoms with Gasteiger partial charge in [-0.05, 0) is 39.0 Å². The molecule has 0 saturated heterocycles. The summed E-state index contributed by atoms with van der Waals surface area (Å²) >= 11 is 1.05. The van der Waals surface area contributed by atoms with Gasteiger partial charge in [-0.2, -0.15) is 18.4 Å². The standard InChI is InChI=1S/C17H15F3N4OS/c1-9-14(8-21)16(23-11(3)22-9)26-10(2)15(25)24-13-6-4-5-12(7-13)17(18,19)20/h4-7,10H,1-3H3,(H,24,25). The van der Waals surface area contributed by atoms with E-state index in [0.717, 1.165) is 23.9 Å². The van der Waals surface area contributed by atoms with Crippen LogP contribution in [0.4, 0.5) is 18.9 Å². The van der Waals surface area contributed by atoms with Crippen LogP contribution >= 0.6 is 11.8 Å². The Bertz CT molecular complexity index is 877. The number of amides is 1. The van der Waals surface area contributed by atoms with Gasteiger partial charge in [-0.1, -0.05) is 17.8 Å². The van der Waals surface area contributed by atoms with Crippen LogP contribution in [-0.2, 0) is 11.0 Å². The fraction of sp³-hybridized carbons (Fsp3) is 0.294. The van der Waals surface area contributed by atoms with E-state index in [1.165, 1.54) is 12.1 Å². The lowest BCUT2D eigenvalue weighted by atomic mass is 10.2. The van der Waals surface area contributed by atoms with Crippen molar-refractivity contribution in [3.05, 3.63) is 46.9 Å². The number of benzene rings is 1. The van der Waals surface area contributed by atoms with E-state index < -0.39 is 22.9 Å². The Hall–Kier alpha value is -2.60. The van der Waals surface area contributed by atoms with Gasteiger partial charge < -0.3 is 5.32 Å². The fourth-order valence-corrected chi connectivity index (χ4v) is 3.13. The Morgan fingerprint density at radius 1 is 1.31 bits per heavy atom. The highest BCUT2D eigenvalue weighted by atomic mass is 32.2.